The minimum absolute atomic E-state index is 0.0549. The van der Waals surface area contributed by atoms with Crippen LogP contribution in [0.3, 0.4) is 0 Å². The fourth-order valence-corrected chi connectivity index (χ4v) is 3.30. The Morgan fingerprint density at radius 2 is 2.18 bits per heavy atom. The number of nitrogens with one attached hydrogen (secondary N) is 1. The van der Waals surface area contributed by atoms with E-state index in [1.807, 2.05) is 12.1 Å². The number of hydrogen-bond donors (Lipinski definition) is 3. The van der Waals surface area contributed by atoms with E-state index in [-0.39, 0.29) is 11.5 Å². The number of rotatable bonds is 2. The van der Waals surface area contributed by atoms with Crippen molar-refractivity contribution >= 4 is 27.5 Å². The van der Waals surface area contributed by atoms with Gasteiger partial charge in [-0.25, -0.2) is 0 Å². The second-order valence-electron chi connectivity index (χ2n) is 5.23. The van der Waals surface area contributed by atoms with Crippen molar-refractivity contribution in [2.45, 2.75) is 26.0 Å². The number of aryl methyl sites for hydroxylation is 1. The molecule has 1 spiro atoms. The lowest BCUT2D eigenvalue weighted by Crippen LogP contribution is -2.48. The molecule has 0 fully saturated rings. The molecule has 1 aromatic rings. The SMILES string of the molecule is CCc1cc(Br)c2c(c1)N[C@]1(C=C(C)OC(N)=C1C(N)=O)O2. The minimum Gasteiger partial charge on any atom is -0.456 e. The van der Waals surface area contributed by atoms with Gasteiger partial charge in [0.1, 0.15) is 11.3 Å². The Labute approximate surface area is 136 Å². The number of primary amides is 1. The topological polar surface area (TPSA) is 99.6 Å². The Morgan fingerprint density at radius 3 is 2.82 bits per heavy atom. The summed E-state index contributed by atoms with van der Waals surface area (Å²) in [7, 11) is 0. The van der Waals surface area contributed by atoms with E-state index in [2.05, 4.69) is 28.2 Å². The summed E-state index contributed by atoms with van der Waals surface area (Å²) in [4.78, 5) is 11.8. The summed E-state index contributed by atoms with van der Waals surface area (Å²) in [6.07, 6.45) is 2.53. The highest BCUT2D eigenvalue weighted by Crippen LogP contribution is 2.47. The molecule has 1 aromatic carbocycles. The van der Waals surface area contributed by atoms with Crippen LogP contribution in [0, 0.1) is 0 Å². The highest BCUT2D eigenvalue weighted by atomic mass is 79.9. The van der Waals surface area contributed by atoms with E-state index >= 15 is 0 Å². The number of halogens is 1. The Morgan fingerprint density at radius 1 is 1.45 bits per heavy atom. The molecular formula is C15H16BrN3O3. The molecule has 0 aromatic heterocycles. The van der Waals surface area contributed by atoms with Gasteiger partial charge in [-0.15, -0.1) is 0 Å². The number of fused-ring (bicyclic) bond motifs is 1. The van der Waals surface area contributed by atoms with Crippen molar-refractivity contribution in [2.75, 3.05) is 5.32 Å². The smallest absolute Gasteiger partial charge is 0.256 e. The van der Waals surface area contributed by atoms with Crippen molar-refractivity contribution < 1.29 is 14.3 Å². The van der Waals surface area contributed by atoms with Gasteiger partial charge in [0.2, 0.25) is 11.6 Å². The first-order valence-corrected chi connectivity index (χ1v) is 7.62. The number of ether oxygens (including phenoxy) is 2. The lowest BCUT2D eigenvalue weighted by Gasteiger charge is -2.31. The number of anilines is 1. The predicted octanol–water partition coefficient (Wildman–Crippen LogP) is 2.10. The monoisotopic (exact) mass is 365 g/mol. The molecule has 2 aliphatic rings. The zero-order chi connectivity index (χ0) is 16.1. The van der Waals surface area contributed by atoms with Gasteiger partial charge < -0.3 is 26.3 Å². The fraction of sp³-hybridized carbons (Fsp3) is 0.267. The third kappa shape index (κ3) is 2.12. The van der Waals surface area contributed by atoms with Crippen molar-refractivity contribution in [3.63, 3.8) is 0 Å². The van der Waals surface area contributed by atoms with E-state index < -0.39 is 11.6 Å². The lowest BCUT2D eigenvalue weighted by molar-refractivity contribution is -0.116. The Kier molecular flexibility index (Phi) is 3.32. The van der Waals surface area contributed by atoms with Gasteiger partial charge in [0.15, 0.2) is 5.75 Å². The molecule has 116 valence electrons. The highest BCUT2D eigenvalue weighted by molar-refractivity contribution is 9.10. The average molecular weight is 366 g/mol. The quantitative estimate of drug-likeness (QED) is 0.745. The van der Waals surface area contributed by atoms with Gasteiger partial charge in [-0.3, -0.25) is 4.79 Å². The summed E-state index contributed by atoms with van der Waals surface area (Å²) in [5, 5.41) is 3.21. The highest BCUT2D eigenvalue weighted by Gasteiger charge is 2.48. The van der Waals surface area contributed by atoms with Crippen LogP contribution in [0.1, 0.15) is 19.4 Å². The number of allylic oxidation sites excluding steroid dienone is 1. The van der Waals surface area contributed by atoms with E-state index in [0.29, 0.717) is 11.5 Å². The molecule has 0 unspecified atom stereocenters. The van der Waals surface area contributed by atoms with Crippen molar-refractivity contribution in [2.24, 2.45) is 11.5 Å². The number of amides is 1. The summed E-state index contributed by atoms with van der Waals surface area (Å²) in [5.74, 6) is 0.373. The van der Waals surface area contributed by atoms with Crippen molar-refractivity contribution in [1.29, 1.82) is 0 Å². The van der Waals surface area contributed by atoms with Gasteiger partial charge >= 0.3 is 0 Å². The molecule has 0 radical (unpaired) electrons. The summed E-state index contributed by atoms with van der Waals surface area (Å²) < 4.78 is 12.1. The molecule has 6 nitrogen and oxygen atoms in total. The molecule has 0 aliphatic carbocycles. The molecule has 0 bridgehead atoms. The predicted molar refractivity (Wildman–Crippen MR) is 85.8 cm³/mol. The normalized spacial score (nSPS) is 22.6. The summed E-state index contributed by atoms with van der Waals surface area (Å²) >= 11 is 3.50. The second kappa shape index (κ2) is 4.95. The van der Waals surface area contributed by atoms with Crippen LogP contribution in [-0.4, -0.2) is 11.6 Å². The maximum Gasteiger partial charge on any atom is 0.256 e. The van der Waals surface area contributed by atoms with E-state index in [9.17, 15) is 4.79 Å². The van der Waals surface area contributed by atoms with Gasteiger partial charge in [-0.05, 0) is 47.0 Å². The zero-order valence-electron chi connectivity index (χ0n) is 12.2. The van der Waals surface area contributed by atoms with Crippen LogP contribution < -0.4 is 21.5 Å². The first-order valence-electron chi connectivity index (χ1n) is 6.83. The third-order valence-electron chi connectivity index (χ3n) is 3.64. The van der Waals surface area contributed by atoms with Crippen molar-refractivity contribution in [3.8, 4) is 5.75 Å². The first-order chi connectivity index (χ1) is 10.4. The molecule has 0 saturated carbocycles. The van der Waals surface area contributed by atoms with E-state index in [4.69, 9.17) is 20.9 Å². The van der Waals surface area contributed by atoms with Crippen LogP contribution in [0.15, 0.2) is 39.9 Å². The van der Waals surface area contributed by atoms with Crippen molar-refractivity contribution in [1.82, 2.24) is 0 Å². The van der Waals surface area contributed by atoms with Gasteiger partial charge in [0.05, 0.1) is 10.2 Å². The number of nitrogens with two attached hydrogens (primary N) is 2. The molecule has 3 rings (SSSR count). The van der Waals surface area contributed by atoms with E-state index in [1.54, 1.807) is 13.0 Å². The van der Waals surface area contributed by atoms with Gasteiger partial charge in [0, 0.05) is 6.08 Å². The van der Waals surface area contributed by atoms with Crippen LogP contribution in [0.4, 0.5) is 5.69 Å². The van der Waals surface area contributed by atoms with E-state index in [0.717, 1.165) is 22.1 Å². The fourth-order valence-electron chi connectivity index (χ4n) is 2.72. The van der Waals surface area contributed by atoms with Crippen LogP contribution in [0.25, 0.3) is 0 Å². The van der Waals surface area contributed by atoms with Gasteiger partial charge in [-0.2, -0.15) is 0 Å². The van der Waals surface area contributed by atoms with Crippen LogP contribution in [0.5, 0.6) is 5.75 Å². The van der Waals surface area contributed by atoms with Crippen LogP contribution >= 0.6 is 15.9 Å². The molecular weight excluding hydrogens is 350 g/mol. The molecule has 2 aliphatic heterocycles. The Hall–Kier alpha value is -2.15. The number of hydrogen-bond acceptors (Lipinski definition) is 5. The maximum atomic E-state index is 11.8. The molecule has 2 heterocycles. The first kappa shape index (κ1) is 14.8. The molecule has 0 saturated heterocycles. The zero-order valence-corrected chi connectivity index (χ0v) is 13.8. The molecule has 22 heavy (non-hydrogen) atoms. The third-order valence-corrected chi connectivity index (χ3v) is 4.23. The minimum atomic E-state index is -1.24. The molecule has 5 N–H and O–H groups in total. The van der Waals surface area contributed by atoms with Gasteiger partial charge in [-0.1, -0.05) is 6.92 Å². The summed E-state index contributed by atoms with van der Waals surface area (Å²) in [6.45, 7) is 3.79. The second-order valence-corrected chi connectivity index (χ2v) is 6.09. The lowest BCUT2D eigenvalue weighted by atomic mass is 9.99. The molecule has 1 amide bonds. The average Bonchev–Trinajstić information content (AvgIpc) is 2.75. The van der Waals surface area contributed by atoms with E-state index in [1.165, 1.54) is 0 Å². The number of carbonyl (C=O) groups is 1. The summed E-state index contributed by atoms with van der Waals surface area (Å²) in [5.41, 5.74) is 12.0. The van der Waals surface area contributed by atoms with Crippen LogP contribution in [-0.2, 0) is 16.0 Å². The van der Waals surface area contributed by atoms with Gasteiger partial charge in [0.25, 0.3) is 5.91 Å². The largest absolute Gasteiger partial charge is 0.456 e. The standard InChI is InChI=1S/C15H16BrN3O3/c1-3-8-4-9(16)12-10(5-8)19-15(22-12)6-7(2)21-14(18)11(15)13(17)20/h4-6,19H,3,18H2,1-2H3,(H2,17,20)/t15-/m1/s1. The molecule has 1 atom stereocenters. The van der Waals surface area contributed by atoms with Crippen LogP contribution in [0.2, 0.25) is 0 Å². The number of carbonyl (C=O) groups excluding carboxylic acids is 1. The molecule has 7 heteroatoms. The van der Waals surface area contributed by atoms with Crippen molar-refractivity contribution in [3.05, 3.63) is 45.5 Å². The maximum absolute atomic E-state index is 11.8. The summed E-state index contributed by atoms with van der Waals surface area (Å²) in [6, 6.07) is 3.95. The Balaban J connectivity index is 2.14. The number of benzene rings is 1. The Bertz CT molecular complexity index is 742.